The van der Waals surface area contributed by atoms with Gasteiger partial charge in [0.2, 0.25) is 0 Å². The number of nitrogens with zero attached hydrogens (tertiary/aromatic N) is 1. The van der Waals surface area contributed by atoms with Gasteiger partial charge in [0.25, 0.3) is 0 Å². The minimum Gasteiger partial charge on any atom is -0.365 e. The highest BCUT2D eigenvalue weighted by molar-refractivity contribution is 14.1. The molecule has 3 heteroatoms. The van der Waals surface area contributed by atoms with Gasteiger partial charge in [-0.1, -0.05) is 22.6 Å². The van der Waals surface area contributed by atoms with E-state index in [1.165, 1.54) is 0 Å². The van der Waals surface area contributed by atoms with Crippen LogP contribution >= 0.6 is 22.6 Å². The maximum Gasteiger partial charge on any atom is 0.0984 e. The van der Waals surface area contributed by atoms with Crippen molar-refractivity contribution in [3.63, 3.8) is 0 Å². The number of hydrogen-bond acceptors (Lipinski definition) is 2. The molecule has 0 aromatic rings. The molecular formula is C5H10INO. The zero-order valence-corrected chi connectivity index (χ0v) is 7.09. The van der Waals surface area contributed by atoms with Crippen molar-refractivity contribution in [2.75, 3.05) is 24.8 Å². The third-order valence-corrected chi connectivity index (χ3v) is 1.69. The molecular weight excluding hydrogens is 217 g/mol. The molecule has 0 atom stereocenters. The Hall–Kier alpha value is 0.650. The van der Waals surface area contributed by atoms with Gasteiger partial charge >= 0.3 is 0 Å². The van der Waals surface area contributed by atoms with Crippen LogP contribution < -0.4 is 0 Å². The van der Waals surface area contributed by atoms with E-state index >= 15 is 0 Å². The van der Waals surface area contributed by atoms with E-state index in [0.717, 1.165) is 17.7 Å². The van der Waals surface area contributed by atoms with Gasteiger partial charge in [-0.15, -0.1) is 0 Å². The molecule has 1 fully saturated rings. The SMILES string of the molecule is CN1CC(OCI)C1. The maximum absolute atomic E-state index is 5.29. The Morgan fingerprint density at radius 3 is 2.75 bits per heavy atom. The van der Waals surface area contributed by atoms with Gasteiger partial charge in [-0.3, -0.25) is 0 Å². The summed E-state index contributed by atoms with van der Waals surface area (Å²) in [4.78, 5) is 2.25. The van der Waals surface area contributed by atoms with Gasteiger partial charge in [0.1, 0.15) is 0 Å². The fourth-order valence-corrected chi connectivity index (χ4v) is 1.34. The summed E-state index contributed by atoms with van der Waals surface area (Å²) < 4.78 is 6.12. The molecule has 48 valence electrons. The van der Waals surface area contributed by atoms with Crippen molar-refractivity contribution in [2.45, 2.75) is 6.10 Å². The highest BCUT2D eigenvalue weighted by Crippen LogP contribution is 2.08. The number of alkyl halides is 1. The number of likely N-dealkylation sites (N-methyl/N-ethyl adjacent to an activating group) is 1. The number of ether oxygens (including phenoxy) is 1. The van der Waals surface area contributed by atoms with Crippen LogP contribution in [0, 0.1) is 0 Å². The zero-order chi connectivity index (χ0) is 5.98. The van der Waals surface area contributed by atoms with Gasteiger partial charge in [0, 0.05) is 13.1 Å². The average molecular weight is 227 g/mol. The fourth-order valence-electron chi connectivity index (χ4n) is 0.836. The van der Waals surface area contributed by atoms with Crippen molar-refractivity contribution in [1.29, 1.82) is 0 Å². The summed E-state index contributed by atoms with van der Waals surface area (Å²) >= 11 is 2.23. The molecule has 0 saturated carbocycles. The summed E-state index contributed by atoms with van der Waals surface area (Å²) in [6.45, 7) is 2.23. The summed E-state index contributed by atoms with van der Waals surface area (Å²) in [7, 11) is 2.10. The van der Waals surface area contributed by atoms with Crippen LogP contribution in [0.1, 0.15) is 0 Å². The number of halogens is 1. The highest BCUT2D eigenvalue weighted by Gasteiger charge is 2.22. The number of hydrogen-bond donors (Lipinski definition) is 0. The number of likely N-dealkylation sites (tertiary alicyclic amines) is 1. The van der Waals surface area contributed by atoms with Crippen LogP contribution in [0.15, 0.2) is 0 Å². The standard InChI is InChI=1S/C5H10INO/c1-7-2-5(3-7)8-4-6/h5H,2-4H2,1H3. The van der Waals surface area contributed by atoms with Gasteiger partial charge in [-0.05, 0) is 7.05 Å². The predicted octanol–water partition coefficient (Wildman–Crippen LogP) is 0.709. The Morgan fingerprint density at radius 1 is 1.75 bits per heavy atom. The molecule has 1 rings (SSSR count). The minimum absolute atomic E-state index is 0.525. The molecule has 1 heterocycles. The van der Waals surface area contributed by atoms with Gasteiger partial charge in [-0.2, -0.15) is 0 Å². The molecule has 1 aliphatic heterocycles. The van der Waals surface area contributed by atoms with Crippen molar-refractivity contribution in [1.82, 2.24) is 4.90 Å². The summed E-state index contributed by atoms with van der Waals surface area (Å²) in [5, 5.41) is 0. The zero-order valence-electron chi connectivity index (χ0n) is 4.93. The molecule has 1 aliphatic rings. The first-order valence-electron chi connectivity index (χ1n) is 2.69. The maximum atomic E-state index is 5.29. The van der Waals surface area contributed by atoms with Crippen LogP contribution in [-0.4, -0.2) is 35.8 Å². The molecule has 8 heavy (non-hydrogen) atoms. The van der Waals surface area contributed by atoms with E-state index in [4.69, 9.17) is 4.74 Å². The first-order valence-corrected chi connectivity index (χ1v) is 4.21. The van der Waals surface area contributed by atoms with Crippen molar-refractivity contribution < 1.29 is 4.74 Å². The Morgan fingerprint density at radius 2 is 2.38 bits per heavy atom. The quantitative estimate of drug-likeness (QED) is 0.508. The second-order valence-electron chi connectivity index (χ2n) is 2.12. The van der Waals surface area contributed by atoms with E-state index in [9.17, 15) is 0 Å². The average Bonchev–Trinajstić information content (AvgIpc) is 1.64. The predicted molar refractivity (Wildman–Crippen MR) is 41.3 cm³/mol. The van der Waals surface area contributed by atoms with Gasteiger partial charge in [0.05, 0.1) is 10.7 Å². The van der Waals surface area contributed by atoms with E-state index in [1.54, 1.807) is 0 Å². The molecule has 0 unspecified atom stereocenters. The van der Waals surface area contributed by atoms with E-state index < -0.39 is 0 Å². The summed E-state index contributed by atoms with van der Waals surface area (Å²) in [5.41, 5.74) is 0. The molecule has 0 aromatic carbocycles. The monoisotopic (exact) mass is 227 g/mol. The summed E-state index contributed by atoms with van der Waals surface area (Å²) in [6, 6.07) is 0. The topological polar surface area (TPSA) is 12.5 Å². The molecule has 0 amide bonds. The van der Waals surface area contributed by atoms with Crippen molar-refractivity contribution >= 4 is 22.6 Å². The van der Waals surface area contributed by atoms with Crippen LogP contribution in [0.4, 0.5) is 0 Å². The molecule has 2 nitrogen and oxygen atoms in total. The highest BCUT2D eigenvalue weighted by atomic mass is 127. The van der Waals surface area contributed by atoms with E-state index in [-0.39, 0.29) is 0 Å². The molecule has 0 N–H and O–H groups in total. The van der Waals surface area contributed by atoms with E-state index in [1.807, 2.05) is 0 Å². The second-order valence-corrected chi connectivity index (χ2v) is 2.74. The first kappa shape index (κ1) is 6.77. The van der Waals surface area contributed by atoms with Gasteiger partial charge in [-0.25, -0.2) is 0 Å². The Kier molecular flexibility index (Phi) is 2.52. The van der Waals surface area contributed by atoms with Crippen LogP contribution in [0.3, 0.4) is 0 Å². The van der Waals surface area contributed by atoms with Crippen LogP contribution in [0.5, 0.6) is 0 Å². The summed E-state index contributed by atoms with van der Waals surface area (Å²) in [6.07, 6.45) is 0.525. The molecule has 0 aromatic heterocycles. The van der Waals surface area contributed by atoms with E-state index in [2.05, 4.69) is 34.5 Å². The Labute approximate surface area is 63.3 Å². The van der Waals surface area contributed by atoms with Crippen LogP contribution in [0.2, 0.25) is 0 Å². The summed E-state index contributed by atoms with van der Waals surface area (Å²) in [5.74, 6) is 0. The van der Waals surface area contributed by atoms with Crippen LogP contribution in [-0.2, 0) is 4.74 Å². The van der Waals surface area contributed by atoms with Crippen molar-refractivity contribution in [2.24, 2.45) is 0 Å². The number of rotatable bonds is 2. The van der Waals surface area contributed by atoms with Gasteiger partial charge < -0.3 is 9.64 Å². The smallest absolute Gasteiger partial charge is 0.0984 e. The molecule has 0 radical (unpaired) electrons. The lowest BCUT2D eigenvalue weighted by molar-refractivity contribution is -0.0190. The lowest BCUT2D eigenvalue weighted by atomic mass is 10.2. The van der Waals surface area contributed by atoms with Crippen molar-refractivity contribution in [3.05, 3.63) is 0 Å². The minimum atomic E-state index is 0.525. The molecule has 1 saturated heterocycles. The lowest BCUT2D eigenvalue weighted by Gasteiger charge is -2.35. The van der Waals surface area contributed by atoms with Gasteiger partial charge in [0.15, 0.2) is 0 Å². The fraction of sp³-hybridized carbons (Fsp3) is 1.00. The van der Waals surface area contributed by atoms with Crippen molar-refractivity contribution in [3.8, 4) is 0 Å². The molecule has 0 bridgehead atoms. The largest absolute Gasteiger partial charge is 0.365 e. The third kappa shape index (κ3) is 1.56. The molecule has 0 spiro atoms. The van der Waals surface area contributed by atoms with Crippen LogP contribution in [0.25, 0.3) is 0 Å². The molecule has 0 aliphatic carbocycles. The Balaban J connectivity index is 1.98. The third-order valence-electron chi connectivity index (χ3n) is 1.33. The first-order chi connectivity index (χ1) is 3.83. The second kappa shape index (κ2) is 2.98. The normalized spacial score (nSPS) is 23.2. The lowest BCUT2D eigenvalue weighted by Crippen LogP contribution is -2.49. The Bertz CT molecular complexity index is 70.1. The van der Waals surface area contributed by atoms with E-state index in [0.29, 0.717) is 6.10 Å².